The number of fused-ring (bicyclic) bond motifs is 2. The van der Waals surface area contributed by atoms with Gasteiger partial charge in [-0.15, -0.1) is 13.2 Å². The van der Waals surface area contributed by atoms with Crippen molar-refractivity contribution in [1.82, 2.24) is 4.31 Å². The number of para-hydroxylation sites is 4. The molecular weight excluding hydrogens is 483 g/mol. The number of halogens is 3. The number of hydrogen-bond acceptors (Lipinski definition) is 5. The molecule has 11 heteroatoms. The number of anilines is 3. The molecule has 1 saturated heterocycles. The van der Waals surface area contributed by atoms with Gasteiger partial charge in [0, 0.05) is 19.1 Å². The molecule has 2 heterocycles. The Morgan fingerprint density at radius 2 is 1.51 bits per heavy atom. The molecule has 1 fully saturated rings. The number of alkyl halides is 3. The third-order valence-electron chi connectivity index (χ3n) is 5.87. The fourth-order valence-electron chi connectivity index (χ4n) is 4.41. The second-order valence-corrected chi connectivity index (χ2v) is 9.91. The van der Waals surface area contributed by atoms with Crippen LogP contribution in [0.2, 0.25) is 0 Å². The summed E-state index contributed by atoms with van der Waals surface area (Å²) in [4.78, 5) is 2.12. The molecule has 1 atom stereocenters. The van der Waals surface area contributed by atoms with Gasteiger partial charge in [0.15, 0.2) is 11.5 Å². The first-order valence-corrected chi connectivity index (χ1v) is 12.4. The van der Waals surface area contributed by atoms with Gasteiger partial charge in [0.2, 0.25) is 0 Å². The molecule has 0 aliphatic carbocycles. The molecular formula is C24H22F3N3O4S. The Kier molecular flexibility index (Phi) is 5.97. The van der Waals surface area contributed by atoms with Crippen molar-refractivity contribution < 1.29 is 31.1 Å². The van der Waals surface area contributed by atoms with E-state index in [1.165, 1.54) is 16.4 Å². The smallest absolute Gasteiger partial charge is 0.453 e. The average Bonchev–Trinajstić information content (AvgIpc) is 2.83. The van der Waals surface area contributed by atoms with Crippen LogP contribution in [0.4, 0.5) is 30.2 Å². The Hall–Kier alpha value is -3.44. The summed E-state index contributed by atoms with van der Waals surface area (Å²) >= 11 is 0. The molecule has 0 saturated carbocycles. The van der Waals surface area contributed by atoms with E-state index in [1.54, 1.807) is 0 Å². The second kappa shape index (κ2) is 8.97. The Bertz CT molecular complexity index is 1270. The van der Waals surface area contributed by atoms with Crippen molar-refractivity contribution in [2.45, 2.75) is 25.2 Å². The Morgan fingerprint density at radius 3 is 2.11 bits per heavy atom. The summed E-state index contributed by atoms with van der Waals surface area (Å²) in [6.45, 7) is 0.558. The summed E-state index contributed by atoms with van der Waals surface area (Å²) in [5.74, 6) is 0.971. The van der Waals surface area contributed by atoms with Gasteiger partial charge in [-0.2, -0.15) is 12.7 Å². The van der Waals surface area contributed by atoms with Crippen molar-refractivity contribution >= 4 is 27.3 Å². The van der Waals surface area contributed by atoms with E-state index in [2.05, 4.69) is 14.4 Å². The predicted molar refractivity (Wildman–Crippen MR) is 125 cm³/mol. The summed E-state index contributed by atoms with van der Waals surface area (Å²) in [7, 11) is -3.95. The number of piperidine rings is 1. The average molecular weight is 506 g/mol. The van der Waals surface area contributed by atoms with Gasteiger partial charge in [0.25, 0.3) is 0 Å². The van der Waals surface area contributed by atoms with E-state index < -0.39 is 22.3 Å². The van der Waals surface area contributed by atoms with Gasteiger partial charge >= 0.3 is 16.6 Å². The fraction of sp³-hybridized carbons (Fsp3) is 0.250. The maximum atomic E-state index is 13.1. The maximum absolute atomic E-state index is 13.1. The van der Waals surface area contributed by atoms with E-state index >= 15 is 0 Å². The molecule has 0 amide bonds. The fourth-order valence-corrected chi connectivity index (χ4v) is 5.72. The van der Waals surface area contributed by atoms with Crippen LogP contribution in [0.3, 0.4) is 0 Å². The SMILES string of the molecule is O=S(=O)(Nc1ccc(OC(F)(F)F)cc1)N1CCCC(N2c3ccccc3Oc3ccccc32)C1. The molecule has 5 rings (SSSR count). The molecule has 1 N–H and O–H groups in total. The molecule has 0 aromatic heterocycles. The minimum atomic E-state index is -4.82. The number of nitrogens with one attached hydrogen (secondary N) is 1. The van der Waals surface area contributed by atoms with Gasteiger partial charge in [0.05, 0.1) is 17.1 Å². The van der Waals surface area contributed by atoms with Gasteiger partial charge in [0.1, 0.15) is 5.75 Å². The van der Waals surface area contributed by atoms with Crippen LogP contribution in [-0.2, 0) is 10.2 Å². The van der Waals surface area contributed by atoms with Crippen molar-refractivity contribution in [2.75, 3.05) is 22.7 Å². The summed E-state index contributed by atoms with van der Waals surface area (Å²) in [5, 5.41) is 0. The lowest BCUT2D eigenvalue weighted by Gasteiger charge is -2.42. The van der Waals surface area contributed by atoms with E-state index in [0.29, 0.717) is 24.5 Å². The normalized spacial score (nSPS) is 18.3. The van der Waals surface area contributed by atoms with Crippen LogP contribution in [0.25, 0.3) is 0 Å². The van der Waals surface area contributed by atoms with E-state index in [0.717, 1.165) is 29.9 Å². The van der Waals surface area contributed by atoms with Gasteiger partial charge in [-0.1, -0.05) is 24.3 Å². The minimum absolute atomic E-state index is 0.142. The van der Waals surface area contributed by atoms with Crippen molar-refractivity contribution in [3.05, 3.63) is 72.8 Å². The quantitative estimate of drug-likeness (QED) is 0.485. The van der Waals surface area contributed by atoms with Crippen LogP contribution in [0, 0.1) is 0 Å². The lowest BCUT2D eigenvalue weighted by Crippen LogP contribution is -2.50. The molecule has 3 aromatic carbocycles. The van der Waals surface area contributed by atoms with Gasteiger partial charge in [-0.25, -0.2) is 0 Å². The predicted octanol–water partition coefficient (Wildman–Crippen LogP) is 5.65. The van der Waals surface area contributed by atoms with Crippen molar-refractivity contribution in [3.8, 4) is 17.2 Å². The van der Waals surface area contributed by atoms with Crippen molar-refractivity contribution in [1.29, 1.82) is 0 Å². The van der Waals surface area contributed by atoms with E-state index in [9.17, 15) is 21.6 Å². The lowest BCUT2D eigenvalue weighted by molar-refractivity contribution is -0.274. The van der Waals surface area contributed by atoms with E-state index in [4.69, 9.17) is 4.74 Å². The molecule has 1 unspecified atom stereocenters. The molecule has 2 aliphatic heterocycles. The van der Waals surface area contributed by atoms with Gasteiger partial charge in [-0.3, -0.25) is 4.72 Å². The largest absolute Gasteiger partial charge is 0.573 e. The highest BCUT2D eigenvalue weighted by Gasteiger charge is 2.36. The number of ether oxygens (including phenoxy) is 2. The zero-order chi connectivity index (χ0) is 24.6. The second-order valence-electron chi connectivity index (χ2n) is 8.24. The Labute approximate surface area is 200 Å². The van der Waals surface area contributed by atoms with Crippen LogP contribution >= 0.6 is 0 Å². The number of rotatable bonds is 5. The number of nitrogens with zero attached hydrogens (tertiary/aromatic N) is 2. The number of hydrogen-bond donors (Lipinski definition) is 1. The molecule has 35 heavy (non-hydrogen) atoms. The van der Waals surface area contributed by atoms with Crippen LogP contribution in [0.5, 0.6) is 17.2 Å². The third kappa shape index (κ3) is 5.01. The highest BCUT2D eigenvalue weighted by Crippen LogP contribution is 2.48. The van der Waals surface area contributed by atoms with Crippen LogP contribution in [0.1, 0.15) is 12.8 Å². The zero-order valence-electron chi connectivity index (χ0n) is 18.4. The zero-order valence-corrected chi connectivity index (χ0v) is 19.2. The summed E-state index contributed by atoms with van der Waals surface area (Å²) < 4.78 is 77.1. The van der Waals surface area contributed by atoms with Crippen LogP contribution < -0.4 is 19.1 Å². The first-order chi connectivity index (χ1) is 16.7. The molecule has 2 aliphatic rings. The monoisotopic (exact) mass is 505 g/mol. The van der Waals surface area contributed by atoms with Crippen molar-refractivity contribution in [3.63, 3.8) is 0 Å². The number of benzene rings is 3. The van der Waals surface area contributed by atoms with Gasteiger partial charge < -0.3 is 14.4 Å². The van der Waals surface area contributed by atoms with E-state index in [1.807, 2.05) is 48.5 Å². The van der Waals surface area contributed by atoms with Crippen LogP contribution in [0.15, 0.2) is 72.8 Å². The highest BCUT2D eigenvalue weighted by atomic mass is 32.2. The Morgan fingerprint density at radius 1 is 0.914 bits per heavy atom. The van der Waals surface area contributed by atoms with Gasteiger partial charge in [-0.05, 0) is 61.4 Å². The molecule has 3 aromatic rings. The third-order valence-corrected chi connectivity index (χ3v) is 7.37. The van der Waals surface area contributed by atoms with E-state index in [-0.39, 0.29) is 18.3 Å². The Balaban J connectivity index is 1.36. The molecule has 7 nitrogen and oxygen atoms in total. The molecule has 0 bridgehead atoms. The summed E-state index contributed by atoms with van der Waals surface area (Å²) in [6, 6.07) is 19.7. The summed E-state index contributed by atoms with van der Waals surface area (Å²) in [5.41, 5.74) is 1.87. The standard InChI is InChI=1S/C24H22F3N3O4S/c25-24(26,27)34-19-13-11-17(12-14-19)28-35(31,32)29-15-5-6-18(16-29)30-20-7-1-3-9-22(20)33-23-10-4-2-8-21(23)30/h1-4,7-14,18,28H,5-6,15-16H2. The topological polar surface area (TPSA) is 71.1 Å². The maximum Gasteiger partial charge on any atom is 0.573 e. The van der Waals surface area contributed by atoms with Crippen molar-refractivity contribution in [2.24, 2.45) is 0 Å². The van der Waals surface area contributed by atoms with Crippen LogP contribution in [-0.4, -0.2) is 38.2 Å². The first-order valence-electron chi connectivity index (χ1n) is 11.0. The minimum Gasteiger partial charge on any atom is -0.453 e. The molecule has 0 spiro atoms. The highest BCUT2D eigenvalue weighted by molar-refractivity contribution is 7.90. The first kappa shape index (κ1) is 23.3. The molecule has 184 valence electrons. The lowest BCUT2D eigenvalue weighted by atomic mass is 10.0. The summed E-state index contributed by atoms with van der Waals surface area (Å²) in [6.07, 6.45) is -3.40. The molecule has 0 radical (unpaired) electrons.